The Morgan fingerprint density at radius 2 is 1.91 bits per heavy atom. The fourth-order valence-electron chi connectivity index (χ4n) is 1.39. The van der Waals surface area contributed by atoms with Crippen molar-refractivity contribution in [2.45, 2.75) is 39.7 Å². The number of aliphatic carboxylic acids is 1. The smallest absolute Gasteiger partial charge is 0.326 e. The Labute approximate surface area is 130 Å². The largest absolute Gasteiger partial charge is 0.480 e. The van der Waals surface area contributed by atoms with Gasteiger partial charge in [0.15, 0.2) is 0 Å². The van der Waals surface area contributed by atoms with Gasteiger partial charge in [-0.25, -0.2) is 9.78 Å². The Morgan fingerprint density at radius 3 is 2.27 bits per heavy atom. The second-order valence-corrected chi connectivity index (χ2v) is 7.42. The second kappa shape index (κ2) is 8.64. The normalized spacial score (nSPS) is 12.8. The van der Waals surface area contributed by atoms with E-state index in [1.165, 1.54) is 12.4 Å². The summed E-state index contributed by atoms with van der Waals surface area (Å²) >= 11 is 0. The van der Waals surface area contributed by atoms with Crippen LogP contribution in [0.4, 0.5) is 5.82 Å². The first kappa shape index (κ1) is 20.3. The third-order valence-electron chi connectivity index (χ3n) is 2.37. The molecule has 0 unspecified atom stereocenters. The summed E-state index contributed by atoms with van der Waals surface area (Å²) in [5, 5.41) is 12.0. The number of nitrogens with one attached hydrogen (secondary N) is 1. The van der Waals surface area contributed by atoms with Crippen LogP contribution >= 0.6 is 0 Å². The van der Waals surface area contributed by atoms with Crippen LogP contribution in [0.15, 0.2) is 18.6 Å². The van der Waals surface area contributed by atoms with Crippen molar-refractivity contribution in [3.05, 3.63) is 18.6 Å². The first-order valence-electron chi connectivity index (χ1n) is 6.56. The lowest BCUT2D eigenvalue weighted by Gasteiger charge is -2.21. The number of nitrogens with zero attached hydrogens (tertiary/aromatic N) is 2. The predicted octanol–water partition coefficient (Wildman–Crippen LogP) is 1.67. The molecule has 1 aromatic rings. The fraction of sp³-hybridized carbons (Fsp3) is 0.615. The highest BCUT2D eigenvalue weighted by atomic mass is 32.2. The van der Waals surface area contributed by atoms with Crippen molar-refractivity contribution in [2.24, 2.45) is 5.41 Å². The molecule has 0 aromatic carbocycles. The molecule has 8 nitrogen and oxygen atoms in total. The van der Waals surface area contributed by atoms with Gasteiger partial charge in [0, 0.05) is 12.4 Å². The summed E-state index contributed by atoms with van der Waals surface area (Å²) in [6.45, 7) is 6.27. The van der Waals surface area contributed by atoms with Crippen LogP contribution in [0, 0.1) is 5.41 Å². The second-order valence-electron chi connectivity index (χ2n) is 5.96. The van der Waals surface area contributed by atoms with Crippen molar-refractivity contribution in [1.82, 2.24) is 9.97 Å². The van der Waals surface area contributed by atoms with Crippen LogP contribution in [0.5, 0.6) is 0 Å². The summed E-state index contributed by atoms with van der Waals surface area (Å²) in [5.41, 5.74) is 0.123. The lowest BCUT2D eigenvalue weighted by molar-refractivity contribution is -0.138. The van der Waals surface area contributed by atoms with Gasteiger partial charge in [0.2, 0.25) is 0 Å². The SMILES string of the molecule is CC(C)(C)CC[C@H](Nc1cnccn1)C(=O)O.CS(=O)(=O)O. The van der Waals surface area contributed by atoms with Crippen molar-refractivity contribution in [3.8, 4) is 0 Å². The molecule has 0 fully saturated rings. The summed E-state index contributed by atoms with van der Waals surface area (Å²) in [7, 11) is -3.67. The molecule has 1 aromatic heterocycles. The van der Waals surface area contributed by atoms with Gasteiger partial charge in [-0.2, -0.15) is 8.42 Å². The number of rotatable bonds is 5. The first-order chi connectivity index (χ1) is 9.88. The number of hydrogen-bond donors (Lipinski definition) is 3. The van der Waals surface area contributed by atoms with Crippen molar-refractivity contribution in [1.29, 1.82) is 0 Å². The van der Waals surface area contributed by atoms with Gasteiger partial charge in [-0.15, -0.1) is 0 Å². The molecule has 126 valence electrons. The van der Waals surface area contributed by atoms with Crippen LogP contribution in [-0.2, 0) is 14.9 Å². The molecule has 1 heterocycles. The Morgan fingerprint density at radius 1 is 1.36 bits per heavy atom. The van der Waals surface area contributed by atoms with E-state index in [0.717, 1.165) is 6.42 Å². The number of aromatic nitrogens is 2. The minimum atomic E-state index is -3.67. The van der Waals surface area contributed by atoms with E-state index >= 15 is 0 Å². The third-order valence-corrected chi connectivity index (χ3v) is 2.37. The molecule has 0 aliphatic rings. The van der Waals surface area contributed by atoms with Gasteiger partial charge < -0.3 is 10.4 Å². The van der Waals surface area contributed by atoms with Gasteiger partial charge in [0.05, 0.1) is 12.5 Å². The summed E-state index contributed by atoms with van der Waals surface area (Å²) in [6, 6.07) is -0.620. The van der Waals surface area contributed by atoms with Crippen molar-refractivity contribution >= 4 is 21.9 Å². The van der Waals surface area contributed by atoms with Gasteiger partial charge in [-0.05, 0) is 18.3 Å². The molecule has 0 bridgehead atoms. The molecular formula is C13H23N3O5S. The lowest BCUT2D eigenvalue weighted by Crippen LogP contribution is -2.30. The van der Waals surface area contributed by atoms with Crippen LogP contribution < -0.4 is 5.32 Å². The van der Waals surface area contributed by atoms with Gasteiger partial charge in [0.25, 0.3) is 10.1 Å². The first-order valence-corrected chi connectivity index (χ1v) is 8.41. The van der Waals surface area contributed by atoms with E-state index in [0.29, 0.717) is 18.5 Å². The van der Waals surface area contributed by atoms with Gasteiger partial charge in [0.1, 0.15) is 11.9 Å². The molecular weight excluding hydrogens is 310 g/mol. The van der Waals surface area contributed by atoms with Gasteiger partial charge >= 0.3 is 5.97 Å². The number of carbonyl (C=O) groups is 1. The highest BCUT2D eigenvalue weighted by Crippen LogP contribution is 2.22. The zero-order valence-electron chi connectivity index (χ0n) is 13.1. The molecule has 0 aliphatic carbocycles. The molecule has 0 spiro atoms. The van der Waals surface area contributed by atoms with Crippen molar-refractivity contribution in [2.75, 3.05) is 11.6 Å². The monoisotopic (exact) mass is 333 g/mol. The molecule has 9 heteroatoms. The Kier molecular flexibility index (Phi) is 7.96. The highest BCUT2D eigenvalue weighted by Gasteiger charge is 2.21. The average Bonchev–Trinajstić information content (AvgIpc) is 2.32. The van der Waals surface area contributed by atoms with Crippen LogP contribution in [0.1, 0.15) is 33.6 Å². The number of carboxylic acid groups (broad SMARTS) is 1. The maximum absolute atomic E-state index is 11.1. The number of anilines is 1. The van der Waals surface area contributed by atoms with Crippen molar-refractivity contribution in [3.63, 3.8) is 0 Å². The van der Waals surface area contributed by atoms with Crippen LogP contribution in [0.2, 0.25) is 0 Å². The van der Waals surface area contributed by atoms with E-state index in [1.54, 1.807) is 6.20 Å². The van der Waals surface area contributed by atoms with Gasteiger partial charge in [-0.1, -0.05) is 20.8 Å². The predicted molar refractivity (Wildman–Crippen MR) is 83.2 cm³/mol. The van der Waals surface area contributed by atoms with Crippen molar-refractivity contribution < 1.29 is 22.9 Å². The Balaban J connectivity index is 0.000000763. The van der Waals surface area contributed by atoms with E-state index in [1.807, 2.05) is 0 Å². The minimum Gasteiger partial charge on any atom is -0.480 e. The summed E-state index contributed by atoms with van der Waals surface area (Å²) < 4.78 is 25.9. The molecule has 22 heavy (non-hydrogen) atoms. The van der Waals surface area contributed by atoms with Gasteiger partial charge in [-0.3, -0.25) is 9.54 Å². The molecule has 0 saturated carbocycles. The molecule has 0 amide bonds. The molecule has 0 saturated heterocycles. The average molecular weight is 333 g/mol. The van der Waals surface area contributed by atoms with Crippen LogP contribution in [-0.4, -0.2) is 46.3 Å². The molecule has 3 N–H and O–H groups in total. The van der Waals surface area contributed by atoms with E-state index in [4.69, 9.17) is 9.66 Å². The molecule has 0 aliphatic heterocycles. The topological polar surface area (TPSA) is 129 Å². The number of hydrogen-bond acceptors (Lipinski definition) is 6. The van der Waals surface area contributed by atoms with E-state index in [-0.39, 0.29) is 5.41 Å². The fourth-order valence-corrected chi connectivity index (χ4v) is 1.39. The maximum atomic E-state index is 11.1. The van der Waals surface area contributed by atoms with E-state index in [9.17, 15) is 13.2 Å². The molecule has 1 atom stereocenters. The van der Waals surface area contributed by atoms with Crippen LogP contribution in [0.3, 0.4) is 0 Å². The minimum absolute atomic E-state index is 0.123. The Bertz CT molecular complexity index is 547. The number of carboxylic acids is 1. The molecule has 1 rings (SSSR count). The van der Waals surface area contributed by atoms with E-state index < -0.39 is 22.1 Å². The summed E-state index contributed by atoms with van der Waals surface area (Å²) in [4.78, 5) is 19.0. The third kappa shape index (κ3) is 13.3. The van der Waals surface area contributed by atoms with E-state index in [2.05, 4.69) is 36.1 Å². The zero-order valence-corrected chi connectivity index (χ0v) is 14.0. The van der Waals surface area contributed by atoms with Crippen LogP contribution in [0.25, 0.3) is 0 Å². The highest BCUT2D eigenvalue weighted by molar-refractivity contribution is 7.85. The summed E-state index contributed by atoms with van der Waals surface area (Å²) in [6.07, 6.45) is 6.72. The zero-order chi connectivity index (χ0) is 17.4. The lowest BCUT2D eigenvalue weighted by atomic mass is 9.88. The maximum Gasteiger partial charge on any atom is 0.326 e. The molecule has 0 radical (unpaired) electrons. The standard InChI is InChI=1S/C12H19N3O2.CH4O3S/c1-12(2,3)5-4-9(11(16)17)15-10-8-13-6-7-14-10;1-5(2,3)4/h6-9H,4-5H2,1-3H3,(H,14,15)(H,16,17);1H3,(H,2,3,4)/t9-;/m0./s1. The quantitative estimate of drug-likeness (QED) is 0.694. The Hall–Kier alpha value is -1.74. The summed E-state index contributed by atoms with van der Waals surface area (Å²) in [5.74, 6) is -0.367.